The minimum Gasteiger partial charge on any atom is -0.383 e. The number of aromatic nitrogens is 2. The van der Waals surface area contributed by atoms with Crippen molar-refractivity contribution in [1.29, 1.82) is 0 Å². The Labute approximate surface area is 80.3 Å². The van der Waals surface area contributed by atoms with Gasteiger partial charge in [-0.2, -0.15) is 5.10 Å². The van der Waals surface area contributed by atoms with Crippen LogP contribution in [0.4, 0.5) is 5.82 Å². The zero-order valence-electron chi connectivity index (χ0n) is 7.13. The fourth-order valence-corrected chi connectivity index (χ4v) is 1.01. The van der Waals surface area contributed by atoms with Crippen molar-refractivity contribution in [2.75, 3.05) is 11.5 Å². The summed E-state index contributed by atoms with van der Waals surface area (Å²) in [7, 11) is 0. The predicted octanol–water partition coefficient (Wildman–Crippen LogP) is 0.623. The summed E-state index contributed by atoms with van der Waals surface area (Å²) in [6.45, 7) is 1.51. The van der Waals surface area contributed by atoms with E-state index in [1.165, 1.54) is 18.7 Å². The zero-order valence-corrected chi connectivity index (χ0v) is 7.94. The van der Waals surface area contributed by atoms with E-state index in [0.29, 0.717) is 17.1 Å². The van der Waals surface area contributed by atoms with Crippen molar-refractivity contribution in [3.05, 3.63) is 11.8 Å². The lowest BCUT2D eigenvalue weighted by Gasteiger charge is -1.85. The first kappa shape index (κ1) is 9.68. The van der Waals surface area contributed by atoms with Crippen LogP contribution in [0.25, 0.3) is 0 Å². The van der Waals surface area contributed by atoms with Crippen LogP contribution in [0.2, 0.25) is 0 Å². The monoisotopic (exact) mass is 195 g/mol. The Bertz CT molecular complexity index is 361. The molecule has 0 saturated carbocycles. The van der Waals surface area contributed by atoms with Crippen molar-refractivity contribution < 1.29 is 4.79 Å². The molecule has 5 heteroatoms. The molecular formula is C8H9N3OS. The fourth-order valence-electron chi connectivity index (χ4n) is 0.665. The second kappa shape index (κ2) is 4.58. The smallest absolute Gasteiger partial charge is 0.186 e. The lowest BCUT2D eigenvalue weighted by atomic mass is 10.3. The number of anilines is 1. The van der Waals surface area contributed by atoms with Crippen LogP contribution in [-0.4, -0.2) is 21.1 Å². The van der Waals surface area contributed by atoms with E-state index in [4.69, 9.17) is 5.73 Å². The highest BCUT2D eigenvalue weighted by atomic mass is 32.2. The highest BCUT2D eigenvalue weighted by Gasteiger charge is 1.94. The predicted molar refractivity (Wildman–Crippen MR) is 53.0 cm³/mol. The lowest BCUT2D eigenvalue weighted by molar-refractivity contribution is -0.109. The topological polar surface area (TPSA) is 71.8 Å². The first-order valence-corrected chi connectivity index (χ1v) is 4.60. The van der Waals surface area contributed by atoms with Crippen molar-refractivity contribution in [1.82, 2.24) is 10.2 Å². The van der Waals surface area contributed by atoms with Crippen molar-refractivity contribution >= 4 is 22.7 Å². The second-order valence-corrected chi connectivity index (χ2v) is 3.43. The van der Waals surface area contributed by atoms with Crippen molar-refractivity contribution in [2.24, 2.45) is 0 Å². The summed E-state index contributed by atoms with van der Waals surface area (Å²) in [5, 5.41) is 6.34. The van der Waals surface area contributed by atoms with Gasteiger partial charge < -0.3 is 5.73 Å². The molecule has 0 fully saturated rings. The van der Waals surface area contributed by atoms with E-state index in [1.807, 2.05) is 0 Å². The minimum absolute atomic E-state index is 0.0643. The molecule has 0 amide bonds. The van der Waals surface area contributed by atoms with Gasteiger partial charge in [0.05, 0.1) is 17.5 Å². The molecule has 0 saturated heterocycles. The van der Waals surface area contributed by atoms with Gasteiger partial charge in [-0.25, -0.2) is 0 Å². The first-order valence-electron chi connectivity index (χ1n) is 3.61. The average Bonchev–Trinajstić information content (AvgIpc) is 2.45. The van der Waals surface area contributed by atoms with Gasteiger partial charge in [-0.3, -0.25) is 9.89 Å². The zero-order chi connectivity index (χ0) is 9.68. The molecular weight excluding hydrogens is 186 g/mol. The van der Waals surface area contributed by atoms with E-state index in [0.717, 1.165) is 0 Å². The van der Waals surface area contributed by atoms with E-state index in [2.05, 4.69) is 22.0 Å². The maximum atomic E-state index is 10.5. The molecule has 0 atom stereocenters. The van der Waals surface area contributed by atoms with E-state index in [-0.39, 0.29) is 5.12 Å². The summed E-state index contributed by atoms with van der Waals surface area (Å²) in [5.74, 6) is 6.56. The molecule has 0 aliphatic carbocycles. The molecule has 1 rings (SSSR count). The van der Waals surface area contributed by atoms with Crippen LogP contribution in [0, 0.1) is 11.8 Å². The summed E-state index contributed by atoms with van der Waals surface area (Å²) < 4.78 is 0. The molecule has 0 bridgehead atoms. The summed E-state index contributed by atoms with van der Waals surface area (Å²) in [6.07, 6.45) is 1.56. The van der Waals surface area contributed by atoms with Gasteiger partial charge in [0.15, 0.2) is 5.12 Å². The SMILES string of the molecule is CC(=O)SCC#Cc1cn[nH]c1N. The van der Waals surface area contributed by atoms with Gasteiger partial charge >= 0.3 is 0 Å². The third kappa shape index (κ3) is 3.22. The molecule has 3 N–H and O–H groups in total. The van der Waals surface area contributed by atoms with Gasteiger partial charge in [0, 0.05) is 6.92 Å². The molecule has 0 radical (unpaired) electrons. The summed E-state index contributed by atoms with van der Waals surface area (Å²) >= 11 is 1.18. The molecule has 68 valence electrons. The Kier molecular flexibility index (Phi) is 3.41. The van der Waals surface area contributed by atoms with Crippen molar-refractivity contribution in [2.45, 2.75) is 6.92 Å². The first-order chi connectivity index (χ1) is 6.20. The van der Waals surface area contributed by atoms with E-state index in [9.17, 15) is 4.79 Å². The van der Waals surface area contributed by atoms with Crippen LogP contribution in [0.5, 0.6) is 0 Å². The quantitative estimate of drug-likeness (QED) is 0.644. The number of nitrogens with two attached hydrogens (primary N) is 1. The fraction of sp³-hybridized carbons (Fsp3) is 0.250. The third-order valence-corrected chi connectivity index (χ3v) is 1.93. The third-order valence-electron chi connectivity index (χ3n) is 1.24. The number of rotatable bonds is 1. The second-order valence-electron chi connectivity index (χ2n) is 2.28. The van der Waals surface area contributed by atoms with Gasteiger partial charge in [0.1, 0.15) is 5.82 Å². The van der Waals surface area contributed by atoms with Crippen molar-refractivity contribution in [3.63, 3.8) is 0 Å². The maximum absolute atomic E-state index is 10.5. The number of carbonyl (C=O) groups excluding carboxylic acids is 1. The normalized spacial score (nSPS) is 9.00. The van der Waals surface area contributed by atoms with E-state index < -0.39 is 0 Å². The van der Waals surface area contributed by atoms with Crippen LogP contribution in [0.3, 0.4) is 0 Å². The highest BCUT2D eigenvalue weighted by molar-refractivity contribution is 8.13. The van der Waals surface area contributed by atoms with E-state index in [1.54, 1.807) is 6.20 Å². The number of thioether (sulfide) groups is 1. The van der Waals surface area contributed by atoms with Gasteiger partial charge in [0.2, 0.25) is 0 Å². The Hall–Kier alpha value is -1.41. The van der Waals surface area contributed by atoms with Crippen LogP contribution < -0.4 is 5.73 Å². The molecule has 13 heavy (non-hydrogen) atoms. The lowest BCUT2D eigenvalue weighted by Crippen LogP contribution is -1.87. The molecule has 0 aromatic carbocycles. The standard InChI is InChI=1S/C8H9N3OS/c1-6(12)13-4-2-3-7-5-10-11-8(7)9/h5H,4H2,1H3,(H3,9,10,11). The van der Waals surface area contributed by atoms with Crippen LogP contribution in [0.15, 0.2) is 6.20 Å². The Morgan fingerprint density at radius 2 is 2.62 bits per heavy atom. The molecule has 1 aromatic heterocycles. The number of nitrogens with zero attached hydrogens (tertiary/aromatic N) is 1. The molecule has 1 heterocycles. The Morgan fingerprint density at radius 1 is 1.85 bits per heavy atom. The average molecular weight is 195 g/mol. The molecule has 1 aromatic rings. The van der Waals surface area contributed by atoms with Gasteiger partial charge in [-0.1, -0.05) is 23.6 Å². The van der Waals surface area contributed by atoms with Crippen LogP contribution in [-0.2, 0) is 4.79 Å². The number of nitrogens with one attached hydrogen (secondary N) is 1. The molecule has 0 aliphatic heterocycles. The number of hydrogen-bond donors (Lipinski definition) is 2. The van der Waals surface area contributed by atoms with Crippen LogP contribution >= 0.6 is 11.8 Å². The highest BCUT2D eigenvalue weighted by Crippen LogP contribution is 2.03. The number of carbonyl (C=O) groups is 1. The molecule has 0 aliphatic rings. The number of nitrogen functional groups attached to an aromatic ring is 1. The summed E-state index contributed by atoms with van der Waals surface area (Å²) in [5.41, 5.74) is 6.16. The Balaban J connectivity index is 2.49. The molecule has 0 spiro atoms. The largest absolute Gasteiger partial charge is 0.383 e. The minimum atomic E-state index is 0.0643. The summed E-state index contributed by atoms with van der Waals surface area (Å²) in [4.78, 5) is 10.5. The van der Waals surface area contributed by atoms with Gasteiger partial charge in [-0.15, -0.1) is 0 Å². The molecule has 0 unspecified atom stereocenters. The maximum Gasteiger partial charge on any atom is 0.186 e. The molecule has 4 nitrogen and oxygen atoms in total. The number of aromatic amines is 1. The van der Waals surface area contributed by atoms with Gasteiger partial charge in [0.25, 0.3) is 0 Å². The summed E-state index contributed by atoms with van der Waals surface area (Å²) in [6, 6.07) is 0. The van der Waals surface area contributed by atoms with E-state index >= 15 is 0 Å². The van der Waals surface area contributed by atoms with Crippen LogP contribution in [0.1, 0.15) is 12.5 Å². The number of H-pyrrole nitrogens is 1. The van der Waals surface area contributed by atoms with Gasteiger partial charge in [-0.05, 0) is 0 Å². The number of hydrogen-bond acceptors (Lipinski definition) is 4. The Morgan fingerprint density at radius 3 is 3.15 bits per heavy atom. The van der Waals surface area contributed by atoms with Crippen molar-refractivity contribution in [3.8, 4) is 11.8 Å².